The second-order valence-corrected chi connectivity index (χ2v) is 4.70. The van der Waals surface area contributed by atoms with Gasteiger partial charge in [0.05, 0.1) is 13.2 Å². The molecule has 0 aromatic heterocycles. The first kappa shape index (κ1) is 16.8. The molecule has 1 atom stereocenters. The highest BCUT2D eigenvalue weighted by Gasteiger charge is 2.20. The summed E-state index contributed by atoms with van der Waals surface area (Å²) in [5, 5.41) is 12.5. The van der Waals surface area contributed by atoms with Gasteiger partial charge in [-0.05, 0) is 46.8 Å². The van der Waals surface area contributed by atoms with Crippen molar-refractivity contribution in [2.75, 3.05) is 46.5 Å². The molecule has 1 unspecified atom stereocenters. The standard InChI is InChI=1S/C13H30N2O2/c1-5-15(10-11-17-6-2)9-7-8-13(3,12-16)14-4/h14,16H,5-12H2,1-4H3. The molecule has 0 aromatic rings. The largest absolute Gasteiger partial charge is 0.394 e. The van der Waals surface area contributed by atoms with Gasteiger partial charge in [0.25, 0.3) is 0 Å². The average molecular weight is 246 g/mol. The Morgan fingerprint density at radius 2 is 2.00 bits per heavy atom. The predicted octanol–water partition coefficient (Wildman–Crippen LogP) is 1.10. The van der Waals surface area contributed by atoms with Crippen molar-refractivity contribution >= 4 is 0 Å². The van der Waals surface area contributed by atoms with E-state index in [2.05, 4.69) is 24.1 Å². The molecule has 0 aromatic carbocycles. The third-order valence-corrected chi connectivity index (χ3v) is 3.36. The van der Waals surface area contributed by atoms with Gasteiger partial charge in [0.2, 0.25) is 0 Å². The molecule has 0 bridgehead atoms. The Bertz CT molecular complexity index is 173. The number of nitrogens with one attached hydrogen (secondary N) is 1. The molecule has 2 N–H and O–H groups in total. The Balaban J connectivity index is 3.75. The fraction of sp³-hybridized carbons (Fsp3) is 1.00. The van der Waals surface area contributed by atoms with Crippen molar-refractivity contribution in [3.05, 3.63) is 0 Å². The lowest BCUT2D eigenvalue weighted by Gasteiger charge is -2.28. The fourth-order valence-corrected chi connectivity index (χ4v) is 1.74. The van der Waals surface area contributed by atoms with Gasteiger partial charge >= 0.3 is 0 Å². The Morgan fingerprint density at radius 3 is 2.47 bits per heavy atom. The minimum atomic E-state index is -0.140. The first-order valence-corrected chi connectivity index (χ1v) is 6.71. The van der Waals surface area contributed by atoms with E-state index >= 15 is 0 Å². The summed E-state index contributed by atoms with van der Waals surface area (Å²) in [6, 6.07) is 0. The molecule has 0 rings (SSSR count). The minimum Gasteiger partial charge on any atom is -0.394 e. The van der Waals surface area contributed by atoms with E-state index in [-0.39, 0.29) is 12.1 Å². The molecule has 0 amide bonds. The number of likely N-dealkylation sites (N-methyl/N-ethyl adjacent to an activating group) is 2. The zero-order valence-corrected chi connectivity index (χ0v) is 12.0. The van der Waals surface area contributed by atoms with Crippen molar-refractivity contribution in [2.45, 2.75) is 39.2 Å². The van der Waals surface area contributed by atoms with Gasteiger partial charge in [0.15, 0.2) is 0 Å². The van der Waals surface area contributed by atoms with Crippen LogP contribution in [0.15, 0.2) is 0 Å². The summed E-state index contributed by atoms with van der Waals surface area (Å²) in [4.78, 5) is 2.39. The van der Waals surface area contributed by atoms with Gasteiger partial charge in [-0.15, -0.1) is 0 Å². The zero-order valence-electron chi connectivity index (χ0n) is 12.0. The smallest absolute Gasteiger partial charge is 0.0610 e. The average Bonchev–Trinajstić information content (AvgIpc) is 2.36. The maximum absolute atomic E-state index is 9.28. The van der Waals surface area contributed by atoms with Crippen LogP contribution in [0.3, 0.4) is 0 Å². The Kier molecular flexibility index (Phi) is 9.74. The number of ether oxygens (including phenoxy) is 1. The highest BCUT2D eigenvalue weighted by Crippen LogP contribution is 2.11. The number of rotatable bonds is 11. The maximum Gasteiger partial charge on any atom is 0.0610 e. The summed E-state index contributed by atoms with van der Waals surface area (Å²) in [5.41, 5.74) is -0.140. The van der Waals surface area contributed by atoms with Crippen LogP contribution in [-0.4, -0.2) is 62.0 Å². The van der Waals surface area contributed by atoms with E-state index in [1.165, 1.54) is 0 Å². The van der Waals surface area contributed by atoms with E-state index < -0.39 is 0 Å². The van der Waals surface area contributed by atoms with E-state index in [0.717, 1.165) is 45.7 Å². The molecule has 0 aliphatic carbocycles. The predicted molar refractivity (Wildman–Crippen MR) is 72.4 cm³/mol. The normalized spacial score (nSPS) is 15.2. The van der Waals surface area contributed by atoms with Gasteiger partial charge < -0.3 is 20.1 Å². The molecule has 0 saturated heterocycles. The monoisotopic (exact) mass is 246 g/mol. The molecule has 17 heavy (non-hydrogen) atoms. The molecular weight excluding hydrogens is 216 g/mol. The summed E-state index contributed by atoms with van der Waals surface area (Å²) < 4.78 is 5.36. The number of hydrogen-bond acceptors (Lipinski definition) is 4. The lowest BCUT2D eigenvalue weighted by Crippen LogP contribution is -2.44. The topological polar surface area (TPSA) is 44.7 Å². The molecule has 0 aliphatic heterocycles. The Hall–Kier alpha value is -0.160. The van der Waals surface area contributed by atoms with Gasteiger partial charge in [-0.2, -0.15) is 0 Å². The first-order chi connectivity index (χ1) is 8.11. The van der Waals surface area contributed by atoms with E-state index in [1.54, 1.807) is 0 Å². The first-order valence-electron chi connectivity index (χ1n) is 6.71. The molecule has 4 nitrogen and oxygen atoms in total. The molecular formula is C13H30N2O2. The minimum absolute atomic E-state index is 0.140. The molecule has 0 fully saturated rings. The molecule has 0 aliphatic rings. The van der Waals surface area contributed by atoms with Crippen molar-refractivity contribution in [1.29, 1.82) is 0 Å². The van der Waals surface area contributed by atoms with Crippen molar-refractivity contribution in [3.8, 4) is 0 Å². The maximum atomic E-state index is 9.28. The molecule has 0 radical (unpaired) electrons. The third kappa shape index (κ3) is 7.71. The Labute approximate surface area is 106 Å². The van der Waals surface area contributed by atoms with Crippen LogP contribution in [0.25, 0.3) is 0 Å². The van der Waals surface area contributed by atoms with Crippen LogP contribution in [0, 0.1) is 0 Å². The van der Waals surface area contributed by atoms with Crippen LogP contribution < -0.4 is 5.32 Å². The molecule has 0 heterocycles. The Morgan fingerprint density at radius 1 is 1.29 bits per heavy atom. The van der Waals surface area contributed by atoms with Crippen LogP contribution >= 0.6 is 0 Å². The SMILES string of the molecule is CCOCCN(CC)CCCC(C)(CO)NC. The van der Waals surface area contributed by atoms with Crippen LogP contribution in [0.5, 0.6) is 0 Å². The van der Waals surface area contributed by atoms with Crippen LogP contribution in [0.2, 0.25) is 0 Å². The van der Waals surface area contributed by atoms with E-state index in [1.807, 2.05) is 14.0 Å². The zero-order chi connectivity index (χ0) is 13.1. The summed E-state index contributed by atoms with van der Waals surface area (Å²) in [6.45, 7) is 11.2. The van der Waals surface area contributed by atoms with Crippen LogP contribution in [0.4, 0.5) is 0 Å². The van der Waals surface area contributed by atoms with Crippen molar-refractivity contribution in [3.63, 3.8) is 0 Å². The quantitative estimate of drug-likeness (QED) is 0.536. The number of hydrogen-bond donors (Lipinski definition) is 2. The summed E-state index contributed by atoms with van der Waals surface area (Å²) >= 11 is 0. The van der Waals surface area contributed by atoms with Gasteiger partial charge in [-0.1, -0.05) is 6.92 Å². The fourth-order valence-electron chi connectivity index (χ4n) is 1.74. The summed E-state index contributed by atoms with van der Waals surface area (Å²) in [6.07, 6.45) is 2.09. The van der Waals surface area contributed by atoms with Crippen LogP contribution in [0.1, 0.15) is 33.6 Å². The van der Waals surface area contributed by atoms with E-state index in [9.17, 15) is 5.11 Å². The lowest BCUT2D eigenvalue weighted by atomic mass is 9.97. The van der Waals surface area contributed by atoms with Gasteiger partial charge in [-0.3, -0.25) is 0 Å². The summed E-state index contributed by atoms with van der Waals surface area (Å²) in [5.74, 6) is 0. The number of aliphatic hydroxyl groups excluding tert-OH is 1. The van der Waals surface area contributed by atoms with E-state index in [4.69, 9.17) is 4.74 Å². The summed E-state index contributed by atoms with van der Waals surface area (Å²) in [7, 11) is 1.91. The van der Waals surface area contributed by atoms with Gasteiger partial charge in [0.1, 0.15) is 0 Å². The highest BCUT2D eigenvalue weighted by molar-refractivity contribution is 4.80. The van der Waals surface area contributed by atoms with Crippen LogP contribution in [-0.2, 0) is 4.74 Å². The van der Waals surface area contributed by atoms with E-state index in [0.29, 0.717) is 0 Å². The van der Waals surface area contributed by atoms with Gasteiger partial charge in [0, 0.05) is 18.7 Å². The van der Waals surface area contributed by atoms with Crippen molar-refractivity contribution < 1.29 is 9.84 Å². The van der Waals surface area contributed by atoms with Crippen molar-refractivity contribution in [2.24, 2.45) is 0 Å². The third-order valence-electron chi connectivity index (χ3n) is 3.36. The second kappa shape index (κ2) is 9.83. The number of aliphatic hydroxyl groups is 1. The van der Waals surface area contributed by atoms with Crippen molar-refractivity contribution in [1.82, 2.24) is 10.2 Å². The molecule has 104 valence electrons. The molecule has 0 saturated carbocycles. The van der Waals surface area contributed by atoms with Gasteiger partial charge in [-0.25, -0.2) is 0 Å². The highest BCUT2D eigenvalue weighted by atomic mass is 16.5. The number of nitrogens with zero attached hydrogens (tertiary/aromatic N) is 1. The lowest BCUT2D eigenvalue weighted by molar-refractivity contribution is 0.111. The molecule has 0 spiro atoms. The molecule has 4 heteroatoms. The second-order valence-electron chi connectivity index (χ2n) is 4.70.